The van der Waals surface area contributed by atoms with Gasteiger partial charge in [-0.25, -0.2) is 5.43 Å². The van der Waals surface area contributed by atoms with Crippen LogP contribution in [0.15, 0.2) is 83.0 Å². The van der Waals surface area contributed by atoms with E-state index < -0.39 is 5.91 Å². The van der Waals surface area contributed by atoms with Gasteiger partial charge in [0.1, 0.15) is 5.75 Å². The molecular weight excluding hydrogens is 408 g/mol. The number of aromatic nitrogens is 2. The second-order valence-corrected chi connectivity index (χ2v) is 6.96. The number of aromatic hydroxyl groups is 1. The standard InChI is InChI=1S/C24H20N4O4/c1-32-18-10-8-16(9-11-18)15-28-23(30)20-7-3-2-6-19(20)21(24(28)31)14-26-27-22(29)17-5-4-12-25-13-17/h2-14,31H,15H2,1H3,(H,27,29)/b26-14+. The summed E-state index contributed by atoms with van der Waals surface area (Å²) in [4.78, 5) is 29.2. The molecule has 0 saturated carbocycles. The van der Waals surface area contributed by atoms with Crippen molar-refractivity contribution < 1.29 is 14.6 Å². The number of rotatable bonds is 6. The summed E-state index contributed by atoms with van der Waals surface area (Å²) in [6, 6.07) is 17.4. The summed E-state index contributed by atoms with van der Waals surface area (Å²) in [7, 11) is 1.58. The Hall–Kier alpha value is -4.46. The number of nitrogens with zero attached hydrogens (tertiary/aromatic N) is 3. The Labute approximate surface area is 183 Å². The molecule has 0 saturated heterocycles. The number of hydrazone groups is 1. The van der Waals surface area contributed by atoms with Crippen LogP contribution in [0.2, 0.25) is 0 Å². The number of carbonyl (C=O) groups excluding carboxylic acids is 1. The molecular formula is C24H20N4O4. The van der Waals surface area contributed by atoms with Crippen molar-refractivity contribution in [2.75, 3.05) is 7.11 Å². The van der Waals surface area contributed by atoms with E-state index in [4.69, 9.17) is 4.74 Å². The molecule has 32 heavy (non-hydrogen) atoms. The zero-order chi connectivity index (χ0) is 22.5. The van der Waals surface area contributed by atoms with E-state index in [0.29, 0.717) is 27.6 Å². The number of ether oxygens (including phenoxy) is 1. The summed E-state index contributed by atoms with van der Waals surface area (Å²) >= 11 is 0. The maximum atomic E-state index is 13.1. The van der Waals surface area contributed by atoms with Crippen molar-refractivity contribution in [3.63, 3.8) is 0 Å². The lowest BCUT2D eigenvalue weighted by Crippen LogP contribution is -2.23. The van der Waals surface area contributed by atoms with Gasteiger partial charge in [-0.1, -0.05) is 30.3 Å². The zero-order valence-corrected chi connectivity index (χ0v) is 17.2. The molecule has 0 atom stereocenters. The van der Waals surface area contributed by atoms with E-state index in [9.17, 15) is 14.7 Å². The molecule has 4 rings (SSSR count). The first-order valence-corrected chi connectivity index (χ1v) is 9.79. The van der Waals surface area contributed by atoms with E-state index in [1.807, 2.05) is 12.1 Å². The fourth-order valence-electron chi connectivity index (χ4n) is 3.32. The fraction of sp³-hybridized carbons (Fsp3) is 0.0833. The normalized spacial score (nSPS) is 11.0. The average molecular weight is 428 g/mol. The first-order valence-electron chi connectivity index (χ1n) is 9.79. The van der Waals surface area contributed by atoms with Crippen molar-refractivity contribution in [2.24, 2.45) is 5.10 Å². The predicted octanol–water partition coefficient (Wildman–Crippen LogP) is 2.92. The topological polar surface area (TPSA) is 106 Å². The number of benzene rings is 2. The van der Waals surface area contributed by atoms with E-state index in [1.54, 1.807) is 61.8 Å². The van der Waals surface area contributed by atoms with Crippen LogP contribution >= 0.6 is 0 Å². The maximum Gasteiger partial charge on any atom is 0.272 e. The van der Waals surface area contributed by atoms with Crippen LogP contribution in [0.25, 0.3) is 10.8 Å². The lowest BCUT2D eigenvalue weighted by atomic mass is 10.1. The van der Waals surface area contributed by atoms with Crippen molar-refractivity contribution in [1.82, 2.24) is 15.0 Å². The van der Waals surface area contributed by atoms with Crippen LogP contribution in [-0.4, -0.2) is 33.9 Å². The number of carbonyl (C=O) groups is 1. The van der Waals surface area contributed by atoms with Crippen LogP contribution in [0.1, 0.15) is 21.5 Å². The molecule has 4 aromatic rings. The monoisotopic (exact) mass is 428 g/mol. The van der Waals surface area contributed by atoms with E-state index in [2.05, 4.69) is 15.5 Å². The molecule has 8 nitrogen and oxygen atoms in total. The molecule has 0 spiro atoms. The van der Waals surface area contributed by atoms with Crippen LogP contribution in [0.4, 0.5) is 0 Å². The van der Waals surface area contributed by atoms with Crippen LogP contribution in [0, 0.1) is 0 Å². The van der Waals surface area contributed by atoms with Crippen molar-refractivity contribution in [1.29, 1.82) is 0 Å². The van der Waals surface area contributed by atoms with Gasteiger partial charge in [0.2, 0.25) is 5.88 Å². The molecule has 0 bridgehead atoms. The second-order valence-electron chi connectivity index (χ2n) is 6.96. The van der Waals surface area contributed by atoms with Gasteiger partial charge in [0.25, 0.3) is 11.5 Å². The van der Waals surface area contributed by atoms with Crippen molar-refractivity contribution >= 4 is 22.9 Å². The Morgan fingerprint density at radius 1 is 1.12 bits per heavy atom. The third-order valence-electron chi connectivity index (χ3n) is 4.97. The fourth-order valence-corrected chi connectivity index (χ4v) is 3.32. The summed E-state index contributed by atoms with van der Waals surface area (Å²) in [5.74, 6) is 0.00889. The lowest BCUT2D eigenvalue weighted by Gasteiger charge is -2.14. The highest BCUT2D eigenvalue weighted by Crippen LogP contribution is 2.24. The number of amides is 1. The minimum absolute atomic E-state index is 0.155. The largest absolute Gasteiger partial charge is 0.497 e. The summed E-state index contributed by atoms with van der Waals surface area (Å²) in [5.41, 5.74) is 3.57. The van der Waals surface area contributed by atoms with Crippen LogP contribution < -0.4 is 15.7 Å². The molecule has 0 aliphatic heterocycles. The van der Waals surface area contributed by atoms with Gasteiger partial charge in [0.05, 0.1) is 31.0 Å². The van der Waals surface area contributed by atoms with Gasteiger partial charge in [0, 0.05) is 23.2 Å². The van der Waals surface area contributed by atoms with Gasteiger partial charge in [-0.2, -0.15) is 5.10 Å². The van der Waals surface area contributed by atoms with Crippen molar-refractivity contribution in [2.45, 2.75) is 6.54 Å². The van der Waals surface area contributed by atoms with Gasteiger partial charge < -0.3 is 9.84 Å². The van der Waals surface area contributed by atoms with E-state index in [-0.39, 0.29) is 18.0 Å². The molecule has 2 heterocycles. The number of hydrogen-bond acceptors (Lipinski definition) is 6. The molecule has 0 fully saturated rings. The summed E-state index contributed by atoms with van der Waals surface area (Å²) in [6.07, 6.45) is 4.32. The maximum absolute atomic E-state index is 13.1. The molecule has 0 radical (unpaired) electrons. The average Bonchev–Trinajstić information content (AvgIpc) is 2.84. The Kier molecular flexibility index (Phi) is 5.94. The van der Waals surface area contributed by atoms with Crippen LogP contribution in [-0.2, 0) is 6.54 Å². The molecule has 0 aliphatic rings. The van der Waals surface area contributed by atoms with Gasteiger partial charge in [-0.3, -0.25) is 19.1 Å². The van der Waals surface area contributed by atoms with Crippen LogP contribution in [0.5, 0.6) is 11.6 Å². The highest BCUT2D eigenvalue weighted by Gasteiger charge is 2.15. The lowest BCUT2D eigenvalue weighted by molar-refractivity contribution is 0.0954. The zero-order valence-electron chi connectivity index (χ0n) is 17.2. The molecule has 8 heteroatoms. The number of methoxy groups -OCH3 is 1. The Balaban J connectivity index is 1.71. The number of pyridine rings is 2. The minimum Gasteiger partial charge on any atom is -0.497 e. The second kappa shape index (κ2) is 9.13. The number of fused-ring (bicyclic) bond motifs is 1. The molecule has 1 amide bonds. The number of nitrogens with one attached hydrogen (secondary N) is 1. The molecule has 0 aliphatic carbocycles. The third-order valence-corrected chi connectivity index (χ3v) is 4.97. The third kappa shape index (κ3) is 4.20. The first kappa shape index (κ1) is 20.8. The minimum atomic E-state index is -0.440. The quantitative estimate of drug-likeness (QED) is 0.363. The molecule has 0 unspecified atom stereocenters. The Morgan fingerprint density at radius 3 is 2.56 bits per heavy atom. The van der Waals surface area contributed by atoms with Gasteiger partial charge in [0.15, 0.2) is 0 Å². The highest BCUT2D eigenvalue weighted by molar-refractivity contribution is 6.02. The molecule has 2 aromatic heterocycles. The van der Waals surface area contributed by atoms with Gasteiger partial charge >= 0.3 is 0 Å². The van der Waals surface area contributed by atoms with E-state index >= 15 is 0 Å². The molecule has 2 aromatic carbocycles. The summed E-state index contributed by atoms with van der Waals surface area (Å²) < 4.78 is 6.44. The molecule has 160 valence electrons. The summed E-state index contributed by atoms with van der Waals surface area (Å²) in [5, 5.41) is 15.9. The first-order chi connectivity index (χ1) is 15.6. The van der Waals surface area contributed by atoms with Gasteiger partial charge in [-0.05, 0) is 35.9 Å². The molecule has 2 N–H and O–H groups in total. The predicted molar refractivity (Wildman–Crippen MR) is 121 cm³/mol. The van der Waals surface area contributed by atoms with Gasteiger partial charge in [-0.15, -0.1) is 0 Å². The van der Waals surface area contributed by atoms with Crippen molar-refractivity contribution in [3.8, 4) is 11.6 Å². The highest BCUT2D eigenvalue weighted by atomic mass is 16.5. The SMILES string of the molecule is COc1ccc(Cn2c(O)c(/C=N/NC(=O)c3cccnc3)c3ccccc3c2=O)cc1. The number of hydrogen-bond donors (Lipinski definition) is 2. The Morgan fingerprint density at radius 2 is 1.88 bits per heavy atom. The smallest absolute Gasteiger partial charge is 0.272 e. The van der Waals surface area contributed by atoms with Crippen LogP contribution in [0.3, 0.4) is 0 Å². The summed E-state index contributed by atoms with van der Waals surface area (Å²) in [6.45, 7) is 0.155. The van der Waals surface area contributed by atoms with E-state index in [0.717, 1.165) is 5.56 Å². The Bertz CT molecular complexity index is 1350. The van der Waals surface area contributed by atoms with E-state index in [1.165, 1.54) is 17.0 Å². The van der Waals surface area contributed by atoms with Crippen molar-refractivity contribution in [3.05, 3.63) is 100 Å².